The minimum atomic E-state index is -0.0454. The van der Waals surface area contributed by atoms with Crippen molar-refractivity contribution >= 4 is 34.7 Å². The number of benzene rings is 1. The van der Waals surface area contributed by atoms with Gasteiger partial charge in [0.15, 0.2) is 11.0 Å². The van der Waals surface area contributed by atoms with Crippen LogP contribution in [0.4, 0.5) is 5.69 Å². The summed E-state index contributed by atoms with van der Waals surface area (Å²) in [5.74, 6) is 1.59. The average Bonchev–Trinajstić information content (AvgIpc) is 3.33. The van der Waals surface area contributed by atoms with Gasteiger partial charge in [-0.25, -0.2) is 0 Å². The van der Waals surface area contributed by atoms with Gasteiger partial charge in [0, 0.05) is 27.5 Å². The summed E-state index contributed by atoms with van der Waals surface area (Å²) in [6.07, 6.45) is 1.01. The zero-order valence-corrected chi connectivity index (χ0v) is 19.2. The normalized spacial score (nSPS) is 11.4. The van der Waals surface area contributed by atoms with Crippen LogP contribution in [0.5, 0.6) is 0 Å². The summed E-state index contributed by atoms with van der Waals surface area (Å²) >= 11 is 3.16. The first-order valence-corrected chi connectivity index (χ1v) is 11.8. The Bertz CT molecular complexity index is 958. The minimum absolute atomic E-state index is 0.0454. The molecule has 1 aromatic carbocycles. The number of carbonyl (C=O) groups excluding carboxylic acids is 1. The summed E-state index contributed by atoms with van der Waals surface area (Å²) in [5.41, 5.74) is 3.17. The van der Waals surface area contributed by atoms with Crippen LogP contribution in [-0.2, 0) is 11.2 Å². The van der Waals surface area contributed by atoms with Crippen molar-refractivity contribution in [3.63, 3.8) is 0 Å². The lowest BCUT2D eigenvalue weighted by Gasteiger charge is -2.13. The molecule has 0 aliphatic heterocycles. The van der Waals surface area contributed by atoms with Crippen LogP contribution in [0, 0.1) is 0 Å². The number of rotatable bonds is 8. The van der Waals surface area contributed by atoms with Crippen molar-refractivity contribution in [2.45, 2.75) is 58.2 Å². The van der Waals surface area contributed by atoms with Crippen molar-refractivity contribution in [1.29, 1.82) is 0 Å². The number of amides is 1. The van der Waals surface area contributed by atoms with Crippen LogP contribution in [0.25, 0.3) is 11.4 Å². The highest BCUT2D eigenvalue weighted by Crippen LogP contribution is 2.30. The van der Waals surface area contributed by atoms with E-state index in [9.17, 15) is 4.79 Å². The molecule has 2 heterocycles. The average molecular weight is 429 g/mol. The molecule has 0 saturated carbocycles. The van der Waals surface area contributed by atoms with Crippen LogP contribution in [0.1, 0.15) is 57.0 Å². The highest BCUT2D eigenvalue weighted by molar-refractivity contribution is 7.99. The molecular formula is C22H28N4OS2. The van der Waals surface area contributed by atoms with Crippen LogP contribution in [-0.4, -0.2) is 26.4 Å². The van der Waals surface area contributed by atoms with Gasteiger partial charge in [-0.05, 0) is 49.9 Å². The number of nitrogens with zero attached hydrogens (tertiary/aromatic N) is 3. The Balaban J connectivity index is 1.67. The van der Waals surface area contributed by atoms with Gasteiger partial charge in [0.05, 0.1) is 5.75 Å². The molecule has 0 atom stereocenters. The predicted octanol–water partition coefficient (Wildman–Crippen LogP) is 6.00. The van der Waals surface area contributed by atoms with Gasteiger partial charge in [0.1, 0.15) is 0 Å². The molecule has 3 aromatic rings. The van der Waals surface area contributed by atoms with E-state index in [0.717, 1.165) is 28.7 Å². The molecule has 1 N–H and O–H groups in total. The van der Waals surface area contributed by atoms with Gasteiger partial charge in [0.25, 0.3) is 0 Å². The molecule has 0 saturated heterocycles. The lowest BCUT2D eigenvalue weighted by molar-refractivity contribution is -0.113. The van der Waals surface area contributed by atoms with Crippen molar-refractivity contribution in [2.24, 2.45) is 0 Å². The Morgan fingerprint density at radius 3 is 2.48 bits per heavy atom. The lowest BCUT2D eigenvalue weighted by atomic mass is 10.0. The number of hydrogen-bond acceptors (Lipinski definition) is 5. The fraction of sp³-hybridized carbons (Fsp3) is 0.409. The van der Waals surface area contributed by atoms with E-state index in [2.05, 4.69) is 78.3 Å². The van der Waals surface area contributed by atoms with Crippen LogP contribution in [0.2, 0.25) is 0 Å². The van der Waals surface area contributed by atoms with E-state index in [-0.39, 0.29) is 11.9 Å². The largest absolute Gasteiger partial charge is 0.325 e. The van der Waals surface area contributed by atoms with E-state index in [1.807, 2.05) is 12.1 Å². The molecule has 0 fully saturated rings. The molecule has 5 nitrogen and oxygen atoms in total. The summed E-state index contributed by atoms with van der Waals surface area (Å²) in [7, 11) is 0. The van der Waals surface area contributed by atoms with Crippen LogP contribution in [0.15, 0.2) is 40.9 Å². The van der Waals surface area contributed by atoms with E-state index in [1.165, 1.54) is 22.2 Å². The van der Waals surface area contributed by atoms with Gasteiger partial charge in [-0.2, -0.15) is 0 Å². The molecule has 0 bridgehead atoms. The molecule has 0 aliphatic carbocycles. The van der Waals surface area contributed by atoms with Gasteiger partial charge < -0.3 is 5.32 Å². The zero-order valence-electron chi connectivity index (χ0n) is 17.6. The van der Waals surface area contributed by atoms with Crippen LogP contribution < -0.4 is 5.32 Å². The number of aromatic nitrogens is 3. The fourth-order valence-corrected chi connectivity index (χ4v) is 4.68. The molecule has 3 rings (SSSR count). The standard InChI is InChI=1S/C22H28N4OS2/c1-6-19-11-17(12-28-19)21-24-25-22(26(21)15(4)5)29-13-20(27)23-18-9-7-16(8-10-18)14(2)3/h7-12,14-15H,6,13H2,1-5H3,(H,23,27). The first-order valence-electron chi connectivity index (χ1n) is 9.94. The summed E-state index contributed by atoms with van der Waals surface area (Å²) in [6, 6.07) is 10.4. The monoisotopic (exact) mass is 428 g/mol. The molecule has 7 heteroatoms. The van der Waals surface area contributed by atoms with E-state index in [0.29, 0.717) is 11.7 Å². The summed E-state index contributed by atoms with van der Waals surface area (Å²) in [4.78, 5) is 13.7. The smallest absolute Gasteiger partial charge is 0.234 e. The maximum Gasteiger partial charge on any atom is 0.234 e. The second-order valence-corrected chi connectivity index (χ2v) is 9.48. The summed E-state index contributed by atoms with van der Waals surface area (Å²) < 4.78 is 2.11. The maximum atomic E-state index is 12.4. The molecular weight excluding hydrogens is 400 g/mol. The third-order valence-electron chi connectivity index (χ3n) is 4.63. The SMILES string of the molecule is CCc1cc(-c2nnc(SCC(=O)Nc3ccc(C(C)C)cc3)n2C(C)C)cs1. The van der Waals surface area contributed by atoms with Crippen molar-refractivity contribution in [2.75, 3.05) is 11.1 Å². The summed E-state index contributed by atoms with van der Waals surface area (Å²) in [6.45, 7) is 10.7. The van der Waals surface area contributed by atoms with Gasteiger partial charge in [-0.15, -0.1) is 21.5 Å². The predicted molar refractivity (Wildman–Crippen MR) is 123 cm³/mol. The molecule has 154 valence electrons. The number of thiophene rings is 1. The summed E-state index contributed by atoms with van der Waals surface area (Å²) in [5, 5.41) is 14.6. The topological polar surface area (TPSA) is 59.8 Å². The van der Waals surface area contributed by atoms with Crippen molar-refractivity contribution in [3.05, 3.63) is 46.2 Å². The molecule has 0 spiro atoms. The van der Waals surface area contributed by atoms with E-state index < -0.39 is 0 Å². The van der Waals surface area contributed by atoms with Gasteiger partial charge in [-0.3, -0.25) is 9.36 Å². The Morgan fingerprint density at radius 2 is 1.90 bits per heavy atom. The number of aryl methyl sites for hydroxylation is 1. The van der Waals surface area contributed by atoms with Crippen LogP contribution >= 0.6 is 23.1 Å². The second kappa shape index (κ2) is 9.59. The molecule has 29 heavy (non-hydrogen) atoms. The van der Waals surface area contributed by atoms with Crippen LogP contribution in [0.3, 0.4) is 0 Å². The third kappa shape index (κ3) is 5.28. The first kappa shape index (κ1) is 21.6. The number of thioether (sulfide) groups is 1. The molecule has 2 aromatic heterocycles. The maximum absolute atomic E-state index is 12.4. The van der Waals surface area contributed by atoms with E-state index in [1.54, 1.807) is 11.3 Å². The highest BCUT2D eigenvalue weighted by Gasteiger charge is 2.18. The molecule has 0 unspecified atom stereocenters. The molecule has 1 amide bonds. The Labute approximate surface area is 180 Å². The number of hydrogen-bond donors (Lipinski definition) is 1. The third-order valence-corrected chi connectivity index (χ3v) is 6.66. The Hall–Kier alpha value is -2.12. The van der Waals surface area contributed by atoms with Gasteiger partial charge in [-0.1, -0.05) is 44.7 Å². The number of anilines is 1. The van der Waals surface area contributed by atoms with Gasteiger partial charge >= 0.3 is 0 Å². The van der Waals surface area contributed by atoms with Gasteiger partial charge in [0.2, 0.25) is 5.91 Å². The van der Waals surface area contributed by atoms with E-state index in [4.69, 9.17) is 0 Å². The molecule has 0 radical (unpaired) electrons. The quantitative estimate of drug-likeness (QED) is 0.447. The number of nitrogens with one attached hydrogen (secondary N) is 1. The minimum Gasteiger partial charge on any atom is -0.325 e. The highest BCUT2D eigenvalue weighted by atomic mass is 32.2. The first-order chi connectivity index (χ1) is 13.9. The zero-order chi connectivity index (χ0) is 21.0. The van der Waals surface area contributed by atoms with Crippen molar-refractivity contribution in [1.82, 2.24) is 14.8 Å². The number of carbonyl (C=O) groups is 1. The fourth-order valence-electron chi connectivity index (χ4n) is 3.00. The molecule has 0 aliphatic rings. The van der Waals surface area contributed by atoms with Crippen molar-refractivity contribution < 1.29 is 4.79 Å². The Morgan fingerprint density at radius 1 is 1.17 bits per heavy atom. The lowest BCUT2D eigenvalue weighted by Crippen LogP contribution is -2.15. The van der Waals surface area contributed by atoms with E-state index >= 15 is 0 Å². The van der Waals surface area contributed by atoms with Crippen molar-refractivity contribution in [3.8, 4) is 11.4 Å². The second-order valence-electron chi connectivity index (χ2n) is 7.54. The Kier molecular flexibility index (Phi) is 7.14.